The molecular formula is C21H16BrClN2O4. The summed E-state index contributed by atoms with van der Waals surface area (Å²) in [6, 6.07) is 15.5. The Labute approximate surface area is 180 Å². The van der Waals surface area contributed by atoms with Crippen molar-refractivity contribution in [1.82, 2.24) is 0 Å². The molecule has 3 aromatic rings. The van der Waals surface area contributed by atoms with Gasteiger partial charge in [-0.3, -0.25) is 15.1 Å². The molecule has 148 valence electrons. The van der Waals surface area contributed by atoms with E-state index in [-0.39, 0.29) is 11.3 Å². The van der Waals surface area contributed by atoms with Crippen LogP contribution in [0.4, 0.5) is 11.4 Å². The molecule has 0 aliphatic heterocycles. The first-order valence-corrected chi connectivity index (χ1v) is 9.67. The molecule has 0 atom stereocenters. The Hall–Kier alpha value is -2.90. The van der Waals surface area contributed by atoms with Crippen LogP contribution in [-0.4, -0.2) is 23.4 Å². The molecule has 0 aliphatic rings. The molecule has 0 saturated carbocycles. The molecule has 0 amide bonds. The highest BCUT2D eigenvalue weighted by molar-refractivity contribution is 9.10. The molecule has 6 nitrogen and oxygen atoms in total. The van der Waals surface area contributed by atoms with Gasteiger partial charge < -0.3 is 9.84 Å². The summed E-state index contributed by atoms with van der Waals surface area (Å²) in [5, 5.41) is 22.3. The average molecular weight is 476 g/mol. The maximum atomic E-state index is 11.4. The minimum absolute atomic E-state index is 0.244. The number of phenolic OH excluding ortho intramolecular Hbond substituents is 1. The number of halogens is 2. The van der Waals surface area contributed by atoms with Crippen LogP contribution < -0.4 is 4.74 Å². The molecule has 0 saturated heterocycles. The molecule has 3 rings (SSSR count). The van der Waals surface area contributed by atoms with Crippen molar-refractivity contribution in [3.8, 4) is 11.5 Å². The van der Waals surface area contributed by atoms with Gasteiger partial charge in [-0.05, 0) is 63.8 Å². The van der Waals surface area contributed by atoms with Gasteiger partial charge in [0.2, 0.25) is 5.75 Å². The molecule has 0 aromatic heterocycles. The number of phenols is 1. The van der Waals surface area contributed by atoms with Crippen LogP contribution in [0, 0.1) is 10.1 Å². The number of nitro groups is 1. The highest BCUT2D eigenvalue weighted by atomic mass is 79.9. The largest absolute Gasteiger partial charge is 0.502 e. The van der Waals surface area contributed by atoms with E-state index in [9.17, 15) is 15.2 Å². The van der Waals surface area contributed by atoms with Crippen LogP contribution in [0.25, 0.3) is 0 Å². The molecular weight excluding hydrogens is 460 g/mol. The Bertz CT molecular complexity index is 1100. The summed E-state index contributed by atoms with van der Waals surface area (Å²) >= 11 is 9.59. The van der Waals surface area contributed by atoms with Gasteiger partial charge in [0.15, 0.2) is 0 Å². The van der Waals surface area contributed by atoms with E-state index in [1.807, 2.05) is 18.2 Å². The highest BCUT2D eigenvalue weighted by Crippen LogP contribution is 2.33. The van der Waals surface area contributed by atoms with Crippen LogP contribution in [0.2, 0.25) is 5.02 Å². The molecule has 0 fully saturated rings. The third-order valence-corrected chi connectivity index (χ3v) is 5.20. The predicted molar refractivity (Wildman–Crippen MR) is 117 cm³/mol. The van der Waals surface area contributed by atoms with Crippen molar-refractivity contribution >= 4 is 45.1 Å². The van der Waals surface area contributed by atoms with E-state index >= 15 is 0 Å². The van der Waals surface area contributed by atoms with Gasteiger partial charge in [-0.25, -0.2) is 0 Å². The second-order valence-corrected chi connectivity index (χ2v) is 7.42. The second kappa shape index (κ2) is 9.07. The van der Waals surface area contributed by atoms with Crippen molar-refractivity contribution < 1.29 is 14.8 Å². The molecule has 29 heavy (non-hydrogen) atoms. The lowest BCUT2D eigenvalue weighted by atomic mass is 10.0. The molecule has 0 unspecified atom stereocenters. The van der Waals surface area contributed by atoms with Gasteiger partial charge in [-0.2, -0.15) is 0 Å². The van der Waals surface area contributed by atoms with E-state index in [0.717, 1.165) is 10.0 Å². The van der Waals surface area contributed by atoms with E-state index < -0.39 is 10.7 Å². The van der Waals surface area contributed by atoms with E-state index in [0.29, 0.717) is 28.4 Å². The van der Waals surface area contributed by atoms with Gasteiger partial charge in [0.05, 0.1) is 22.2 Å². The Morgan fingerprint density at radius 1 is 1.24 bits per heavy atom. The number of aliphatic imine (C=N–C) groups is 1. The first-order chi connectivity index (χ1) is 13.9. The maximum absolute atomic E-state index is 11.4. The summed E-state index contributed by atoms with van der Waals surface area (Å²) in [6.07, 6.45) is 1.78. The first kappa shape index (κ1) is 20.8. The third kappa shape index (κ3) is 4.93. The van der Waals surface area contributed by atoms with Gasteiger partial charge in [0, 0.05) is 22.9 Å². The number of benzene rings is 3. The molecule has 0 aliphatic carbocycles. The van der Waals surface area contributed by atoms with Crippen LogP contribution in [0.15, 0.2) is 64.1 Å². The smallest absolute Gasteiger partial charge is 0.311 e. The summed E-state index contributed by atoms with van der Waals surface area (Å²) in [7, 11) is 1.56. The van der Waals surface area contributed by atoms with Crippen molar-refractivity contribution in [3.05, 3.63) is 90.9 Å². The fourth-order valence-corrected chi connectivity index (χ4v) is 3.51. The topological polar surface area (TPSA) is 85.0 Å². The van der Waals surface area contributed by atoms with Crippen molar-refractivity contribution in [3.63, 3.8) is 0 Å². The van der Waals surface area contributed by atoms with Crippen molar-refractivity contribution in [1.29, 1.82) is 0 Å². The normalized spacial score (nSPS) is 11.0. The zero-order valence-electron chi connectivity index (χ0n) is 15.3. The number of methoxy groups -OCH3 is 1. The van der Waals surface area contributed by atoms with Gasteiger partial charge >= 0.3 is 5.69 Å². The lowest BCUT2D eigenvalue weighted by Crippen LogP contribution is -1.97. The van der Waals surface area contributed by atoms with Crippen molar-refractivity contribution in [2.75, 3.05) is 7.11 Å². The SMILES string of the molecule is COc1ccc(N=Cc2cc(Cc3ccccc3Cl)cc([N+](=O)[O-])c2O)cc1Br. The summed E-state index contributed by atoms with van der Waals surface area (Å²) in [5.41, 5.74) is 1.92. The van der Waals surface area contributed by atoms with Crippen molar-refractivity contribution in [2.45, 2.75) is 6.42 Å². The number of hydrogen-bond donors (Lipinski definition) is 1. The van der Waals surface area contributed by atoms with Crippen LogP contribution in [0.5, 0.6) is 11.5 Å². The van der Waals surface area contributed by atoms with Gasteiger partial charge in [-0.15, -0.1) is 0 Å². The summed E-state index contributed by atoms with van der Waals surface area (Å²) in [6.45, 7) is 0. The average Bonchev–Trinajstić information content (AvgIpc) is 2.69. The predicted octanol–water partition coefficient (Wildman–Crippen LogP) is 6.07. The number of ether oxygens (including phenoxy) is 1. The minimum Gasteiger partial charge on any atom is -0.502 e. The van der Waals surface area contributed by atoms with Gasteiger partial charge in [0.25, 0.3) is 0 Å². The van der Waals surface area contributed by atoms with Gasteiger partial charge in [0.1, 0.15) is 5.75 Å². The number of nitro benzene ring substituents is 1. The van der Waals surface area contributed by atoms with E-state index in [4.69, 9.17) is 16.3 Å². The number of rotatable bonds is 6. The Morgan fingerprint density at radius 3 is 2.66 bits per heavy atom. The minimum atomic E-state index is -0.618. The summed E-state index contributed by atoms with van der Waals surface area (Å²) < 4.78 is 5.90. The molecule has 1 N–H and O–H groups in total. The number of nitrogens with zero attached hydrogens (tertiary/aromatic N) is 2. The fraction of sp³-hybridized carbons (Fsp3) is 0.0952. The lowest BCUT2D eigenvalue weighted by Gasteiger charge is -2.08. The van der Waals surface area contributed by atoms with E-state index in [1.165, 1.54) is 12.3 Å². The summed E-state index contributed by atoms with van der Waals surface area (Å²) in [4.78, 5) is 15.1. The molecule has 0 heterocycles. The maximum Gasteiger partial charge on any atom is 0.311 e. The zero-order valence-corrected chi connectivity index (χ0v) is 17.6. The third-order valence-electron chi connectivity index (χ3n) is 4.22. The Morgan fingerprint density at radius 2 is 2.00 bits per heavy atom. The quantitative estimate of drug-likeness (QED) is 0.266. The second-order valence-electron chi connectivity index (χ2n) is 6.16. The van der Waals surface area contributed by atoms with Crippen LogP contribution >= 0.6 is 27.5 Å². The Kier molecular flexibility index (Phi) is 6.51. The van der Waals surface area contributed by atoms with E-state index in [1.54, 1.807) is 37.4 Å². The lowest BCUT2D eigenvalue weighted by molar-refractivity contribution is -0.385. The van der Waals surface area contributed by atoms with Crippen LogP contribution in [0.3, 0.4) is 0 Å². The molecule has 3 aromatic carbocycles. The molecule has 0 spiro atoms. The molecule has 0 bridgehead atoms. The monoisotopic (exact) mass is 474 g/mol. The van der Waals surface area contributed by atoms with Gasteiger partial charge in [-0.1, -0.05) is 29.8 Å². The van der Waals surface area contributed by atoms with Crippen molar-refractivity contribution in [2.24, 2.45) is 4.99 Å². The fourth-order valence-electron chi connectivity index (χ4n) is 2.78. The van der Waals surface area contributed by atoms with Crippen LogP contribution in [-0.2, 0) is 6.42 Å². The van der Waals surface area contributed by atoms with E-state index in [2.05, 4.69) is 20.9 Å². The molecule has 8 heteroatoms. The van der Waals surface area contributed by atoms with Crippen LogP contribution in [0.1, 0.15) is 16.7 Å². The first-order valence-electron chi connectivity index (χ1n) is 8.50. The molecule has 0 radical (unpaired) electrons. The number of hydrogen-bond acceptors (Lipinski definition) is 5. The number of aromatic hydroxyl groups is 1. The highest BCUT2D eigenvalue weighted by Gasteiger charge is 2.19. The zero-order chi connectivity index (χ0) is 21.0. The standard InChI is InChI=1S/C21H16BrClN2O4/c1-29-20-7-6-16(11-17(20)22)24-12-15-9-13(10-19(21(15)26)25(27)28)8-14-4-2-3-5-18(14)23/h2-7,9-12,26H,8H2,1H3. The Balaban J connectivity index is 1.99. The summed E-state index contributed by atoms with van der Waals surface area (Å²) in [5.74, 6) is 0.221.